The number of benzene rings is 1. The lowest BCUT2D eigenvalue weighted by molar-refractivity contribution is -0.149. The first-order chi connectivity index (χ1) is 6.81. The minimum atomic E-state index is -0.435. The highest BCUT2D eigenvalue weighted by atomic mass is 16.6. The number of carbonyl (C=O) groups excluding carboxylic acids is 1. The maximum Gasteiger partial charge on any atom is 0.347 e. The SMILES string of the molecule is COC(=O)C1CCc2ccccc2O1. The van der Waals surface area contributed by atoms with E-state index in [0.29, 0.717) is 6.42 Å². The monoisotopic (exact) mass is 192 g/mol. The van der Waals surface area contributed by atoms with Crippen LogP contribution in [0.2, 0.25) is 0 Å². The van der Waals surface area contributed by atoms with E-state index in [-0.39, 0.29) is 5.97 Å². The van der Waals surface area contributed by atoms with Crippen LogP contribution >= 0.6 is 0 Å². The number of methoxy groups -OCH3 is 1. The summed E-state index contributed by atoms with van der Waals surface area (Å²) in [5, 5.41) is 0. The molecule has 14 heavy (non-hydrogen) atoms. The van der Waals surface area contributed by atoms with Crippen LogP contribution in [0.3, 0.4) is 0 Å². The molecule has 1 heterocycles. The van der Waals surface area contributed by atoms with Crippen LogP contribution < -0.4 is 4.74 Å². The Morgan fingerprint density at radius 2 is 2.29 bits per heavy atom. The minimum Gasteiger partial charge on any atom is -0.478 e. The zero-order valence-corrected chi connectivity index (χ0v) is 8.03. The van der Waals surface area contributed by atoms with E-state index in [0.717, 1.165) is 17.7 Å². The molecular formula is C11H12O3. The van der Waals surface area contributed by atoms with Crippen molar-refractivity contribution in [3.63, 3.8) is 0 Å². The fraction of sp³-hybridized carbons (Fsp3) is 0.364. The van der Waals surface area contributed by atoms with Gasteiger partial charge in [-0.25, -0.2) is 4.79 Å². The van der Waals surface area contributed by atoms with Crippen molar-refractivity contribution >= 4 is 5.97 Å². The Bertz CT molecular complexity index is 346. The van der Waals surface area contributed by atoms with E-state index < -0.39 is 6.10 Å². The third-order valence-corrected chi connectivity index (χ3v) is 2.38. The van der Waals surface area contributed by atoms with Gasteiger partial charge in [0.1, 0.15) is 5.75 Å². The molecule has 0 aromatic heterocycles. The number of carbonyl (C=O) groups is 1. The molecule has 1 aliphatic rings. The molecule has 1 aromatic carbocycles. The van der Waals surface area contributed by atoms with E-state index in [4.69, 9.17) is 4.74 Å². The van der Waals surface area contributed by atoms with Gasteiger partial charge in [0.25, 0.3) is 0 Å². The van der Waals surface area contributed by atoms with Gasteiger partial charge in [-0.1, -0.05) is 18.2 Å². The van der Waals surface area contributed by atoms with Crippen molar-refractivity contribution in [2.45, 2.75) is 18.9 Å². The van der Waals surface area contributed by atoms with Gasteiger partial charge in [0.15, 0.2) is 6.10 Å². The summed E-state index contributed by atoms with van der Waals surface area (Å²) >= 11 is 0. The number of fused-ring (bicyclic) bond motifs is 1. The lowest BCUT2D eigenvalue weighted by Gasteiger charge is -2.23. The lowest BCUT2D eigenvalue weighted by Crippen LogP contribution is -2.32. The normalized spacial score (nSPS) is 19.4. The largest absolute Gasteiger partial charge is 0.478 e. The van der Waals surface area contributed by atoms with Crippen molar-refractivity contribution < 1.29 is 14.3 Å². The van der Waals surface area contributed by atoms with Crippen LogP contribution in [0.4, 0.5) is 0 Å². The fourth-order valence-electron chi connectivity index (χ4n) is 1.62. The summed E-state index contributed by atoms with van der Waals surface area (Å²) in [5.41, 5.74) is 1.16. The van der Waals surface area contributed by atoms with Gasteiger partial charge in [0, 0.05) is 0 Å². The van der Waals surface area contributed by atoms with E-state index in [2.05, 4.69) is 4.74 Å². The number of esters is 1. The Morgan fingerprint density at radius 3 is 3.07 bits per heavy atom. The van der Waals surface area contributed by atoms with Crippen molar-refractivity contribution in [3.8, 4) is 5.75 Å². The molecule has 0 saturated heterocycles. The Hall–Kier alpha value is -1.51. The highest BCUT2D eigenvalue weighted by Gasteiger charge is 2.26. The van der Waals surface area contributed by atoms with Crippen molar-refractivity contribution in [2.75, 3.05) is 7.11 Å². The van der Waals surface area contributed by atoms with Gasteiger partial charge in [-0.3, -0.25) is 0 Å². The number of ether oxygens (including phenoxy) is 2. The predicted octanol–water partition coefficient (Wildman–Crippen LogP) is 1.55. The number of aryl methyl sites for hydroxylation is 1. The molecule has 1 aromatic rings. The topological polar surface area (TPSA) is 35.5 Å². The number of hydrogen-bond acceptors (Lipinski definition) is 3. The summed E-state index contributed by atoms with van der Waals surface area (Å²) in [4.78, 5) is 11.2. The molecule has 1 unspecified atom stereocenters. The number of rotatable bonds is 1. The van der Waals surface area contributed by atoms with E-state index in [1.54, 1.807) is 0 Å². The highest BCUT2D eigenvalue weighted by Crippen LogP contribution is 2.27. The van der Waals surface area contributed by atoms with E-state index >= 15 is 0 Å². The zero-order chi connectivity index (χ0) is 9.97. The summed E-state index contributed by atoms with van der Waals surface area (Å²) in [6.45, 7) is 0. The third-order valence-electron chi connectivity index (χ3n) is 2.38. The Labute approximate surface area is 82.6 Å². The maximum atomic E-state index is 11.2. The number of hydrogen-bond donors (Lipinski definition) is 0. The molecule has 0 aliphatic carbocycles. The minimum absolute atomic E-state index is 0.292. The summed E-state index contributed by atoms with van der Waals surface area (Å²) < 4.78 is 10.2. The molecule has 0 fully saturated rings. The third kappa shape index (κ3) is 1.58. The van der Waals surface area contributed by atoms with Crippen LogP contribution in [0.25, 0.3) is 0 Å². The summed E-state index contributed by atoms with van der Waals surface area (Å²) in [6.07, 6.45) is 1.13. The molecule has 0 saturated carbocycles. The first-order valence-corrected chi connectivity index (χ1v) is 4.63. The molecule has 3 heteroatoms. The Balaban J connectivity index is 2.17. The van der Waals surface area contributed by atoms with Crippen molar-refractivity contribution in [1.82, 2.24) is 0 Å². The standard InChI is InChI=1S/C11H12O3/c1-13-11(12)10-7-6-8-4-2-3-5-9(8)14-10/h2-5,10H,6-7H2,1H3. The molecule has 0 N–H and O–H groups in total. The van der Waals surface area contributed by atoms with E-state index in [1.807, 2.05) is 24.3 Å². The van der Waals surface area contributed by atoms with E-state index in [9.17, 15) is 4.79 Å². The van der Waals surface area contributed by atoms with Gasteiger partial charge < -0.3 is 9.47 Å². The van der Waals surface area contributed by atoms with Gasteiger partial charge in [0.2, 0.25) is 0 Å². The second-order valence-electron chi connectivity index (χ2n) is 3.28. The summed E-state index contributed by atoms with van der Waals surface area (Å²) in [7, 11) is 1.38. The maximum absolute atomic E-state index is 11.2. The summed E-state index contributed by atoms with van der Waals surface area (Å²) in [6, 6.07) is 7.77. The highest BCUT2D eigenvalue weighted by molar-refractivity contribution is 5.75. The smallest absolute Gasteiger partial charge is 0.347 e. The lowest BCUT2D eigenvalue weighted by atomic mass is 10.0. The van der Waals surface area contributed by atoms with Crippen LogP contribution in [0, 0.1) is 0 Å². The average molecular weight is 192 g/mol. The molecule has 74 valence electrons. The second kappa shape index (κ2) is 3.70. The molecule has 1 aliphatic heterocycles. The van der Waals surface area contributed by atoms with Crippen LogP contribution in [-0.2, 0) is 16.0 Å². The Morgan fingerprint density at radius 1 is 1.50 bits per heavy atom. The van der Waals surface area contributed by atoms with Gasteiger partial charge >= 0.3 is 5.97 Å². The molecule has 2 rings (SSSR count). The van der Waals surface area contributed by atoms with Crippen molar-refractivity contribution in [2.24, 2.45) is 0 Å². The predicted molar refractivity (Wildman–Crippen MR) is 51.2 cm³/mol. The molecule has 3 nitrogen and oxygen atoms in total. The number of para-hydroxylation sites is 1. The molecule has 0 bridgehead atoms. The van der Waals surface area contributed by atoms with Crippen LogP contribution in [0.5, 0.6) is 5.75 Å². The fourth-order valence-corrected chi connectivity index (χ4v) is 1.62. The molecule has 0 amide bonds. The van der Waals surface area contributed by atoms with E-state index in [1.165, 1.54) is 7.11 Å². The van der Waals surface area contributed by atoms with Crippen LogP contribution in [0.1, 0.15) is 12.0 Å². The van der Waals surface area contributed by atoms with Crippen LogP contribution in [0.15, 0.2) is 24.3 Å². The molecule has 0 spiro atoms. The molecule has 0 radical (unpaired) electrons. The first kappa shape index (κ1) is 9.06. The molecular weight excluding hydrogens is 180 g/mol. The first-order valence-electron chi connectivity index (χ1n) is 4.63. The van der Waals surface area contributed by atoms with Crippen LogP contribution in [-0.4, -0.2) is 19.2 Å². The van der Waals surface area contributed by atoms with Gasteiger partial charge in [0.05, 0.1) is 7.11 Å². The average Bonchev–Trinajstić information content (AvgIpc) is 2.27. The van der Waals surface area contributed by atoms with Gasteiger partial charge in [-0.05, 0) is 24.5 Å². The summed E-state index contributed by atoms with van der Waals surface area (Å²) in [5.74, 6) is 0.508. The quantitative estimate of drug-likeness (QED) is 0.633. The second-order valence-corrected chi connectivity index (χ2v) is 3.28. The van der Waals surface area contributed by atoms with Gasteiger partial charge in [-0.2, -0.15) is 0 Å². The molecule has 1 atom stereocenters. The van der Waals surface area contributed by atoms with Crippen molar-refractivity contribution in [1.29, 1.82) is 0 Å². The Kier molecular flexibility index (Phi) is 2.39. The van der Waals surface area contributed by atoms with Crippen molar-refractivity contribution in [3.05, 3.63) is 29.8 Å². The zero-order valence-electron chi connectivity index (χ0n) is 8.03. The van der Waals surface area contributed by atoms with Gasteiger partial charge in [-0.15, -0.1) is 0 Å².